The molecular weight excluding hydrogens is 386 g/mol. The van der Waals surface area contributed by atoms with Crippen molar-refractivity contribution in [2.45, 2.75) is 6.92 Å². The molecule has 8 nitrogen and oxygen atoms in total. The van der Waals surface area contributed by atoms with E-state index in [0.29, 0.717) is 28.2 Å². The van der Waals surface area contributed by atoms with Crippen LogP contribution in [0.15, 0.2) is 64.0 Å². The third-order valence-corrected chi connectivity index (χ3v) is 4.52. The van der Waals surface area contributed by atoms with Crippen LogP contribution >= 0.6 is 0 Å². The van der Waals surface area contributed by atoms with Crippen LogP contribution in [0.5, 0.6) is 11.5 Å². The molecule has 4 aromatic rings. The molecule has 0 radical (unpaired) electrons. The summed E-state index contributed by atoms with van der Waals surface area (Å²) < 4.78 is 11.0. The zero-order chi connectivity index (χ0) is 21.3. The van der Waals surface area contributed by atoms with Gasteiger partial charge in [0.05, 0.1) is 17.7 Å². The number of hydrogen-bond donors (Lipinski definition) is 1. The number of ether oxygens (including phenoxy) is 1. The molecule has 0 spiro atoms. The number of fused-ring (bicyclic) bond motifs is 1. The van der Waals surface area contributed by atoms with Gasteiger partial charge in [-0.2, -0.15) is 0 Å². The molecule has 0 bridgehead atoms. The predicted octanol–water partition coefficient (Wildman–Crippen LogP) is 5.18. The van der Waals surface area contributed by atoms with Crippen molar-refractivity contribution in [1.82, 2.24) is 4.98 Å². The number of oxazole rings is 1. The zero-order valence-corrected chi connectivity index (χ0v) is 16.2. The molecule has 0 amide bonds. The Hall–Kier alpha value is -4.20. The van der Waals surface area contributed by atoms with Gasteiger partial charge in [-0.05, 0) is 61.0 Å². The minimum Gasteiger partial charge on any atom is -0.502 e. The van der Waals surface area contributed by atoms with Gasteiger partial charge in [0.1, 0.15) is 11.3 Å². The van der Waals surface area contributed by atoms with Crippen molar-refractivity contribution in [1.29, 1.82) is 0 Å². The number of aromatic hydroxyl groups is 1. The van der Waals surface area contributed by atoms with Gasteiger partial charge in [-0.25, -0.2) is 4.98 Å². The largest absolute Gasteiger partial charge is 0.502 e. The SMILES string of the molecule is COc1ccc(-c2nc3cc(N=Cc4cc(C)cc([N+](=O)[O-])c4O)ccc3o2)cc1. The van der Waals surface area contributed by atoms with Crippen LogP contribution < -0.4 is 4.74 Å². The van der Waals surface area contributed by atoms with E-state index in [9.17, 15) is 15.2 Å². The first-order chi connectivity index (χ1) is 14.4. The summed E-state index contributed by atoms with van der Waals surface area (Å²) in [5.74, 6) is 0.797. The summed E-state index contributed by atoms with van der Waals surface area (Å²) in [4.78, 5) is 19.3. The number of nitrogens with zero attached hydrogens (tertiary/aromatic N) is 3. The normalized spacial score (nSPS) is 11.3. The molecule has 150 valence electrons. The van der Waals surface area contributed by atoms with Crippen molar-refractivity contribution >= 4 is 28.7 Å². The zero-order valence-electron chi connectivity index (χ0n) is 16.2. The minimum atomic E-state index is -0.623. The first-order valence-corrected chi connectivity index (χ1v) is 9.01. The number of aryl methyl sites for hydroxylation is 1. The lowest BCUT2D eigenvalue weighted by atomic mass is 10.1. The summed E-state index contributed by atoms with van der Waals surface area (Å²) >= 11 is 0. The maximum Gasteiger partial charge on any atom is 0.311 e. The van der Waals surface area contributed by atoms with Crippen LogP contribution in [-0.4, -0.2) is 28.3 Å². The van der Waals surface area contributed by atoms with Crippen molar-refractivity contribution in [3.63, 3.8) is 0 Å². The highest BCUT2D eigenvalue weighted by Crippen LogP contribution is 2.31. The molecular formula is C22H17N3O5. The van der Waals surface area contributed by atoms with Crippen molar-refractivity contribution in [3.05, 3.63) is 75.8 Å². The van der Waals surface area contributed by atoms with Gasteiger partial charge in [0, 0.05) is 23.4 Å². The summed E-state index contributed by atoms with van der Waals surface area (Å²) in [5, 5.41) is 21.2. The number of phenols is 1. The average molecular weight is 403 g/mol. The minimum absolute atomic E-state index is 0.265. The molecule has 1 heterocycles. The molecule has 0 fully saturated rings. The molecule has 1 aromatic heterocycles. The smallest absolute Gasteiger partial charge is 0.311 e. The summed E-state index contributed by atoms with van der Waals surface area (Å²) in [7, 11) is 1.60. The van der Waals surface area contributed by atoms with Gasteiger partial charge in [0.15, 0.2) is 5.58 Å². The van der Waals surface area contributed by atoms with Crippen molar-refractivity contribution < 1.29 is 19.2 Å². The fourth-order valence-corrected chi connectivity index (χ4v) is 3.02. The standard InChI is InChI=1S/C22H17N3O5/c1-13-9-15(21(26)19(10-13)25(27)28)12-23-16-5-8-20-18(11-16)24-22(30-20)14-3-6-17(29-2)7-4-14/h3-12,26H,1-2H3. The summed E-state index contributed by atoms with van der Waals surface area (Å²) in [5.41, 5.74) is 3.17. The van der Waals surface area contributed by atoms with E-state index < -0.39 is 10.7 Å². The Morgan fingerprint density at radius 1 is 1.17 bits per heavy atom. The van der Waals surface area contributed by atoms with Crippen LogP contribution in [0.4, 0.5) is 11.4 Å². The van der Waals surface area contributed by atoms with Gasteiger partial charge in [0.25, 0.3) is 0 Å². The third-order valence-electron chi connectivity index (χ3n) is 4.52. The second kappa shape index (κ2) is 7.67. The van der Waals surface area contributed by atoms with Crippen LogP contribution in [0.3, 0.4) is 0 Å². The van der Waals surface area contributed by atoms with Gasteiger partial charge >= 0.3 is 5.69 Å². The Morgan fingerprint density at radius 2 is 1.93 bits per heavy atom. The van der Waals surface area contributed by atoms with E-state index in [4.69, 9.17) is 9.15 Å². The third kappa shape index (κ3) is 3.70. The highest BCUT2D eigenvalue weighted by Gasteiger charge is 2.17. The van der Waals surface area contributed by atoms with Crippen LogP contribution in [0.1, 0.15) is 11.1 Å². The highest BCUT2D eigenvalue weighted by molar-refractivity contribution is 5.89. The van der Waals surface area contributed by atoms with Crippen molar-refractivity contribution in [3.8, 4) is 23.0 Å². The Bertz CT molecular complexity index is 1280. The van der Waals surface area contributed by atoms with Crippen LogP contribution in [0.2, 0.25) is 0 Å². The number of nitro benzene ring substituents is 1. The molecule has 0 saturated heterocycles. The Morgan fingerprint density at radius 3 is 2.63 bits per heavy atom. The molecule has 30 heavy (non-hydrogen) atoms. The van der Waals surface area contributed by atoms with Crippen LogP contribution in [-0.2, 0) is 0 Å². The number of rotatable bonds is 5. The number of phenolic OH excluding ortho intramolecular Hbond substituents is 1. The van der Waals surface area contributed by atoms with Crippen LogP contribution in [0.25, 0.3) is 22.6 Å². The molecule has 1 N–H and O–H groups in total. The predicted molar refractivity (Wildman–Crippen MR) is 113 cm³/mol. The van der Waals surface area contributed by atoms with E-state index in [1.165, 1.54) is 12.3 Å². The molecule has 4 rings (SSSR count). The molecule has 0 atom stereocenters. The fraction of sp³-hybridized carbons (Fsp3) is 0.0909. The quantitative estimate of drug-likeness (QED) is 0.279. The number of hydrogen-bond acceptors (Lipinski definition) is 7. The first kappa shape index (κ1) is 19.1. The van der Waals surface area contributed by atoms with E-state index in [2.05, 4.69) is 9.98 Å². The van der Waals surface area contributed by atoms with Crippen LogP contribution in [0, 0.1) is 17.0 Å². The second-order valence-corrected chi connectivity index (χ2v) is 6.64. The van der Waals surface area contributed by atoms with E-state index in [1.54, 1.807) is 38.3 Å². The Kier molecular flexibility index (Phi) is 4.89. The second-order valence-electron chi connectivity index (χ2n) is 6.64. The summed E-state index contributed by atoms with van der Waals surface area (Å²) in [6.45, 7) is 1.71. The van der Waals surface area contributed by atoms with Gasteiger partial charge in [-0.15, -0.1) is 0 Å². The number of nitro groups is 1. The summed E-state index contributed by atoms with van der Waals surface area (Å²) in [6.07, 6.45) is 1.39. The highest BCUT2D eigenvalue weighted by atomic mass is 16.6. The van der Waals surface area contributed by atoms with Gasteiger partial charge in [-0.3, -0.25) is 15.1 Å². The topological polar surface area (TPSA) is 111 Å². The molecule has 0 aliphatic carbocycles. The Balaban J connectivity index is 1.65. The maximum atomic E-state index is 11.1. The first-order valence-electron chi connectivity index (χ1n) is 9.01. The van der Waals surface area contributed by atoms with E-state index in [0.717, 1.165) is 11.3 Å². The fourth-order valence-electron chi connectivity index (χ4n) is 3.02. The van der Waals surface area contributed by atoms with E-state index in [1.807, 2.05) is 24.3 Å². The molecule has 0 saturated carbocycles. The van der Waals surface area contributed by atoms with Crippen molar-refractivity contribution in [2.24, 2.45) is 4.99 Å². The van der Waals surface area contributed by atoms with Crippen molar-refractivity contribution in [2.75, 3.05) is 7.11 Å². The summed E-state index contributed by atoms with van der Waals surface area (Å²) in [6, 6.07) is 15.5. The number of benzene rings is 3. The average Bonchev–Trinajstić information content (AvgIpc) is 3.17. The lowest BCUT2D eigenvalue weighted by Gasteiger charge is -2.02. The lowest BCUT2D eigenvalue weighted by Crippen LogP contribution is -1.93. The van der Waals surface area contributed by atoms with E-state index >= 15 is 0 Å². The monoisotopic (exact) mass is 403 g/mol. The van der Waals surface area contributed by atoms with Gasteiger partial charge in [0.2, 0.25) is 11.6 Å². The number of aromatic nitrogens is 1. The van der Waals surface area contributed by atoms with E-state index in [-0.39, 0.29) is 11.3 Å². The lowest BCUT2D eigenvalue weighted by molar-refractivity contribution is -0.385. The molecule has 0 aliphatic rings. The van der Waals surface area contributed by atoms with Gasteiger partial charge in [-0.1, -0.05) is 0 Å². The Labute approximate surface area is 171 Å². The molecule has 3 aromatic carbocycles. The molecule has 0 aliphatic heterocycles. The number of aliphatic imine (C=N–C) groups is 1. The number of methoxy groups -OCH3 is 1. The maximum absolute atomic E-state index is 11.1. The molecule has 8 heteroatoms. The molecule has 0 unspecified atom stereocenters. The van der Waals surface area contributed by atoms with Gasteiger partial charge < -0.3 is 14.3 Å².